The number of hydrogen-bond acceptors (Lipinski definition) is 6. The topological polar surface area (TPSA) is 145 Å². The number of nitrogens with two attached hydrogens (primary N) is 2. The second-order valence-electron chi connectivity index (χ2n) is 3.54. The van der Waals surface area contributed by atoms with E-state index in [4.69, 9.17) is 15.3 Å². The summed E-state index contributed by atoms with van der Waals surface area (Å²) in [7, 11) is -7.36. The molecule has 1 aromatic heterocycles. The second-order valence-corrected chi connectivity index (χ2v) is 6.98. The van der Waals surface area contributed by atoms with Crippen molar-refractivity contribution in [3.05, 3.63) is 17.9 Å². The molecular formula is C8H15N3O5S2. The highest BCUT2D eigenvalue weighted by Crippen LogP contribution is 2.12. The third-order valence-corrected chi connectivity index (χ3v) is 4.19. The Kier molecular flexibility index (Phi) is 4.87. The van der Waals surface area contributed by atoms with Gasteiger partial charge in [0.1, 0.15) is 5.76 Å². The predicted octanol–water partition coefficient (Wildman–Crippen LogP) is -1.30. The van der Waals surface area contributed by atoms with Crippen molar-refractivity contribution in [3.63, 3.8) is 0 Å². The maximum absolute atomic E-state index is 11.7. The molecule has 0 radical (unpaired) electrons. The Balaban J connectivity index is 2.55. The van der Waals surface area contributed by atoms with Gasteiger partial charge in [-0.1, -0.05) is 0 Å². The fourth-order valence-electron chi connectivity index (χ4n) is 1.16. The third kappa shape index (κ3) is 4.74. The Morgan fingerprint density at radius 1 is 1.22 bits per heavy atom. The van der Waals surface area contributed by atoms with E-state index in [1.807, 2.05) is 0 Å². The van der Waals surface area contributed by atoms with Crippen molar-refractivity contribution in [3.8, 4) is 0 Å². The Morgan fingerprint density at radius 2 is 1.89 bits per heavy atom. The average Bonchev–Trinajstić information content (AvgIpc) is 2.72. The first-order chi connectivity index (χ1) is 8.24. The largest absolute Gasteiger partial charge is 0.447 e. The second kappa shape index (κ2) is 5.80. The molecule has 1 rings (SSSR count). The number of nitrogens with one attached hydrogen (secondary N) is 1. The molecule has 0 atom stereocenters. The molecule has 5 N–H and O–H groups in total. The summed E-state index contributed by atoms with van der Waals surface area (Å²) in [4.78, 5) is 0. The summed E-state index contributed by atoms with van der Waals surface area (Å²) in [6.45, 7) is 0.0539. The zero-order chi connectivity index (χ0) is 13.8. The first-order valence-corrected chi connectivity index (χ1v) is 8.23. The lowest BCUT2D eigenvalue weighted by Gasteiger charge is -2.03. The first-order valence-electron chi connectivity index (χ1n) is 5.03. The SMILES string of the molecule is NCc1ccc(S(=O)(=O)NCCCS(N)(=O)=O)o1. The quantitative estimate of drug-likeness (QED) is 0.533. The zero-order valence-electron chi connectivity index (χ0n) is 9.50. The Morgan fingerprint density at radius 3 is 2.39 bits per heavy atom. The van der Waals surface area contributed by atoms with E-state index in [-0.39, 0.29) is 30.4 Å². The van der Waals surface area contributed by atoms with Crippen molar-refractivity contribution in [2.75, 3.05) is 12.3 Å². The number of rotatable bonds is 7. The highest BCUT2D eigenvalue weighted by molar-refractivity contribution is 7.89. The van der Waals surface area contributed by atoms with Gasteiger partial charge >= 0.3 is 0 Å². The summed E-state index contributed by atoms with van der Waals surface area (Å²) in [5, 5.41) is 4.53. The van der Waals surface area contributed by atoms with Gasteiger partial charge in [-0.15, -0.1) is 0 Å². The molecule has 0 aliphatic carbocycles. The van der Waals surface area contributed by atoms with Crippen molar-refractivity contribution in [1.82, 2.24) is 4.72 Å². The average molecular weight is 297 g/mol. The molecule has 0 saturated heterocycles. The van der Waals surface area contributed by atoms with Gasteiger partial charge < -0.3 is 10.2 Å². The fraction of sp³-hybridized carbons (Fsp3) is 0.500. The van der Waals surface area contributed by atoms with Crippen molar-refractivity contribution in [2.24, 2.45) is 10.9 Å². The number of furan rings is 1. The number of primary sulfonamides is 1. The van der Waals surface area contributed by atoms with Crippen LogP contribution in [0.3, 0.4) is 0 Å². The molecule has 104 valence electrons. The molecule has 10 heteroatoms. The molecule has 0 spiro atoms. The summed E-state index contributed by atoms with van der Waals surface area (Å²) in [5.41, 5.74) is 5.29. The minimum atomic E-state index is -3.78. The standard InChI is InChI=1S/C8H15N3O5S2/c9-6-7-2-3-8(16-7)18(14,15)11-4-1-5-17(10,12)13/h2-3,11H,1,4-6,9H2,(H2,10,12,13). The van der Waals surface area contributed by atoms with Gasteiger partial charge in [-0.05, 0) is 18.6 Å². The smallest absolute Gasteiger partial charge is 0.273 e. The van der Waals surface area contributed by atoms with Gasteiger partial charge in [0.15, 0.2) is 0 Å². The lowest BCUT2D eigenvalue weighted by molar-refractivity contribution is 0.413. The van der Waals surface area contributed by atoms with Crippen LogP contribution < -0.4 is 15.6 Å². The van der Waals surface area contributed by atoms with Crippen LogP contribution in [-0.2, 0) is 26.6 Å². The van der Waals surface area contributed by atoms with Crippen molar-refractivity contribution >= 4 is 20.0 Å². The molecule has 18 heavy (non-hydrogen) atoms. The lowest BCUT2D eigenvalue weighted by atomic mass is 10.5. The number of hydrogen-bond donors (Lipinski definition) is 3. The molecule has 0 amide bonds. The van der Waals surface area contributed by atoms with Crippen LogP contribution in [0.25, 0.3) is 0 Å². The van der Waals surface area contributed by atoms with Gasteiger partial charge in [-0.25, -0.2) is 26.7 Å². The van der Waals surface area contributed by atoms with E-state index < -0.39 is 20.0 Å². The summed E-state index contributed by atoms with van der Waals surface area (Å²) in [5.74, 6) is 0.0572. The van der Waals surface area contributed by atoms with E-state index in [2.05, 4.69) is 4.72 Å². The monoisotopic (exact) mass is 297 g/mol. The zero-order valence-corrected chi connectivity index (χ0v) is 11.1. The van der Waals surface area contributed by atoms with Crippen LogP contribution in [0.1, 0.15) is 12.2 Å². The highest BCUT2D eigenvalue weighted by atomic mass is 32.2. The van der Waals surface area contributed by atoms with E-state index in [1.165, 1.54) is 12.1 Å². The minimum absolute atomic E-state index is 0.0442. The van der Waals surface area contributed by atoms with E-state index in [9.17, 15) is 16.8 Å². The third-order valence-electron chi connectivity index (χ3n) is 2.00. The highest BCUT2D eigenvalue weighted by Gasteiger charge is 2.18. The molecule has 0 unspecified atom stereocenters. The molecule has 0 aliphatic rings. The van der Waals surface area contributed by atoms with Crippen LogP contribution in [0.15, 0.2) is 21.6 Å². The Labute approximate surface area is 105 Å². The number of sulfonamides is 2. The van der Waals surface area contributed by atoms with E-state index in [0.29, 0.717) is 5.76 Å². The van der Waals surface area contributed by atoms with Crippen molar-refractivity contribution in [2.45, 2.75) is 18.1 Å². The van der Waals surface area contributed by atoms with Crippen molar-refractivity contribution in [1.29, 1.82) is 0 Å². The maximum Gasteiger partial charge on any atom is 0.273 e. The minimum Gasteiger partial charge on any atom is -0.447 e. The molecule has 0 bridgehead atoms. The summed E-state index contributed by atoms with van der Waals surface area (Å²) in [6, 6.07) is 2.74. The van der Waals surface area contributed by atoms with Gasteiger partial charge in [-0.2, -0.15) is 0 Å². The molecule has 0 fully saturated rings. The van der Waals surface area contributed by atoms with Crippen LogP contribution >= 0.6 is 0 Å². The van der Waals surface area contributed by atoms with E-state index in [1.54, 1.807) is 0 Å². The lowest BCUT2D eigenvalue weighted by Crippen LogP contribution is -2.27. The predicted molar refractivity (Wildman–Crippen MR) is 64.4 cm³/mol. The molecule has 8 nitrogen and oxygen atoms in total. The van der Waals surface area contributed by atoms with Gasteiger partial charge in [0.05, 0.1) is 12.3 Å². The first kappa shape index (κ1) is 15.1. The van der Waals surface area contributed by atoms with Crippen LogP contribution in [0.2, 0.25) is 0 Å². The van der Waals surface area contributed by atoms with Crippen molar-refractivity contribution < 1.29 is 21.3 Å². The Bertz CT molecular complexity index is 590. The molecule has 1 heterocycles. The van der Waals surface area contributed by atoms with Gasteiger partial charge in [0, 0.05) is 6.54 Å². The Hall–Kier alpha value is -0.940. The van der Waals surface area contributed by atoms with Crippen LogP contribution in [0.5, 0.6) is 0 Å². The van der Waals surface area contributed by atoms with E-state index in [0.717, 1.165) is 0 Å². The molecular weight excluding hydrogens is 282 g/mol. The van der Waals surface area contributed by atoms with Gasteiger partial charge in [0.2, 0.25) is 15.1 Å². The fourth-order valence-corrected chi connectivity index (χ4v) is 2.73. The molecule has 0 saturated carbocycles. The molecule has 1 aromatic rings. The summed E-state index contributed by atoms with van der Waals surface area (Å²) in [6.07, 6.45) is 0.0858. The molecule has 0 aromatic carbocycles. The summed E-state index contributed by atoms with van der Waals surface area (Å²) < 4.78 is 51.8. The normalized spacial score (nSPS) is 12.8. The van der Waals surface area contributed by atoms with Gasteiger partial charge in [-0.3, -0.25) is 0 Å². The van der Waals surface area contributed by atoms with Crippen LogP contribution in [0, 0.1) is 0 Å². The van der Waals surface area contributed by atoms with Gasteiger partial charge in [0.25, 0.3) is 10.0 Å². The van der Waals surface area contributed by atoms with Crippen LogP contribution in [-0.4, -0.2) is 29.1 Å². The maximum atomic E-state index is 11.7. The summed E-state index contributed by atoms with van der Waals surface area (Å²) >= 11 is 0. The van der Waals surface area contributed by atoms with E-state index >= 15 is 0 Å². The molecule has 0 aliphatic heterocycles. The van der Waals surface area contributed by atoms with Crippen LogP contribution in [0.4, 0.5) is 0 Å².